The van der Waals surface area contributed by atoms with Crippen LogP contribution >= 0.6 is 0 Å². The molecule has 2 aromatic heterocycles. The lowest BCUT2D eigenvalue weighted by Crippen LogP contribution is -2.38. The lowest BCUT2D eigenvalue weighted by Gasteiger charge is -2.23. The summed E-state index contributed by atoms with van der Waals surface area (Å²) in [5.41, 5.74) is 5.58. The van der Waals surface area contributed by atoms with Gasteiger partial charge in [-0.15, -0.1) is 0 Å². The summed E-state index contributed by atoms with van der Waals surface area (Å²) in [6, 6.07) is 17.3. The summed E-state index contributed by atoms with van der Waals surface area (Å²) >= 11 is 0. The van der Waals surface area contributed by atoms with E-state index in [2.05, 4.69) is 21.8 Å². The molecule has 0 fully saturated rings. The Hall–Kier alpha value is -3.95. The summed E-state index contributed by atoms with van der Waals surface area (Å²) in [5.74, 6) is 0.598. The second kappa shape index (κ2) is 10.3. The second-order valence-corrected chi connectivity index (χ2v) is 8.85. The Balaban J connectivity index is 1.43. The monoisotopic (exact) mass is 486 g/mol. The maximum absolute atomic E-state index is 13.4. The molecule has 0 radical (unpaired) electrons. The number of methoxy groups -OCH3 is 1. The van der Waals surface area contributed by atoms with Gasteiger partial charge < -0.3 is 14.8 Å². The molecule has 0 saturated carbocycles. The van der Waals surface area contributed by atoms with E-state index in [0.29, 0.717) is 19.0 Å². The Bertz CT molecular complexity index is 1350. The van der Waals surface area contributed by atoms with Crippen LogP contribution in [0.25, 0.3) is 16.9 Å². The standard InChI is InChI=1S/C27H30N6O3/c1-18-24(20-16-28-32(2)17-20)31-33(21-10-5-4-6-11-21)26(18)30-27(34)29-25-22-12-8-7-9-19(22)15-23(25)36-14-13-35-3/h4-12,16-17,23,25H,13-15H2,1-3H3,(H2,29,30,34). The van der Waals surface area contributed by atoms with Gasteiger partial charge in [0.1, 0.15) is 11.5 Å². The number of amides is 2. The highest BCUT2D eigenvalue weighted by atomic mass is 16.5. The van der Waals surface area contributed by atoms with Crippen molar-refractivity contribution in [3.63, 3.8) is 0 Å². The molecule has 5 rings (SSSR count). The highest BCUT2D eigenvalue weighted by molar-refractivity contribution is 5.91. The molecule has 0 saturated heterocycles. The number of aryl methyl sites for hydroxylation is 1. The minimum atomic E-state index is -0.324. The number of rotatable bonds is 8. The molecule has 2 heterocycles. The SMILES string of the molecule is COCCOC1Cc2ccccc2C1NC(=O)Nc1c(C)c(-c2cnn(C)c2)nn1-c1ccccc1. The van der Waals surface area contributed by atoms with Gasteiger partial charge in [0.15, 0.2) is 0 Å². The smallest absolute Gasteiger partial charge is 0.320 e. The number of para-hydroxylation sites is 1. The molecule has 36 heavy (non-hydrogen) atoms. The Morgan fingerprint density at radius 3 is 2.64 bits per heavy atom. The van der Waals surface area contributed by atoms with Crippen molar-refractivity contribution in [2.24, 2.45) is 7.05 Å². The van der Waals surface area contributed by atoms with Crippen molar-refractivity contribution in [1.29, 1.82) is 0 Å². The van der Waals surface area contributed by atoms with Crippen molar-refractivity contribution in [3.8, 4) is 16.9 Å². The quantitative estimate of drug-likeness (QED) is 0.367. The predicted molar refractivity (Wildman–Crippen MR) is 137 cm³/mol. The molecule has 9 heteroatoms. The van der Waals surface area contributed by atoms with Gasteiger partial charge in [0, 0.05) is 37.9 Å². The van der Waals surface area contributed by atoms with Gasteiger partial charge in [0.25, 0.3) is 0 Å². The van der Waals surface area contributed by atoms with Crippen LogP contribution in [0.1, 0.15) is 22.7 Å². The fourth-order valence-corrected chi connectivity index (χ4v) is 4.67. The van der Waals surface area contributed by atoms with Crippen LogP contribution < -0.4 is 10.6 Å². The number of hydrogen-bond donors (Lipinski definition) is 2. The van der Waals surface area contributed by atoms with E-state index in [1.807, 2.05) is 68.7 Å². The van der Waals surface area contributed by atoms with Crippen LogP contribution in [0.5, 0.6) is 0 Å². The first-order valence-electron chi connectivity index (χ1n) is 11.9. The lowest BCUT2D eigenvalue weighted by atomic mass is 10.1. The maximum Gasteiger partial charge on any atom is 0.320 e. The molecule has 9 nitrogen and oxygen atoms in total. The molecule has 1 aliphatic carbocycles. The van der Waals surface area contributed by atoms with Gasteiger partial charge in [-0.25, -0.2) is 9.48 Å². The molecule has 2 N–H and O–H groups in total. The second-order valence-electron chi connectivity index (χ2n) is 8.85. The van der Waals surface area contributed by atoms with Crippen LogP contribution in [-0.4, -0.2) is 52.0 Å². The molecule has 186 valence electrons. The van der Waals surface area contributed by atoms with Gasteiger partial charge in [-0.1, -0.05) is 42.5 Å². The Morgan fingerprint density at radius 2 is 1.89 bits per heavy atom. The average Bonchev–Trinajstić information content (AvgIpc) is 3.56. The zero-order chi connectivity index (χ0) is 25.1. The highest BCUT2D eigenvalue weighted by Crippen LogP contribution is 2.34. The van der Waals surface area contributed by atoms with Crippen molar-refractivity contribution >= 4 is 11.8 Å². The van der Waals surface area contributed by atoms with Gasteiger partial charge in [-0.3, -0.25) is 10.00 Å². The lowest BCUT2D eigenvalue weighted by molar-refractivity contribution is 0.00643. The van der Waals surface area contributed by atoms with Crippen LogP contribution in [0.3, 0.4) is 0 Å². The number of carbonyl (C=O) groups is 1. The number of fused-ring (bicyclic) bond motifs is 1. The first-order chi connectivity index (χ1) is 17.5. The van der Waals surface area contributed by atoms with E-state index >= 15 is 0 Å². The number of carbonyl (C=O) groups excluding carboxylic acids is 1. The van der Waals surface area contributed by atoms with Gasteiger partial charge in [-0.05, 0) is 30.2 Å². The third kappa shape index (κ3) is 4.75. The number of ether oxygens (including phenoxy) is 2. The summed E-state index contributed by atoms with van der Waals surface area (Å²) in [7, 11) is 3.51. The van der Waals surface area contributed by atoms with E-state index in [4.69, 9.17) is 14.6 Å². The number of hydrogen-bond acceptors (Lipinski definition) is 5. The minimum absolute atomic E-state index is 0.172. The van der Waals surface area contributed by atoms with Crippen molar-refractivity contribution < 1.29 is 14.3 Å². The largest absolute Gasteiger partial charge is 0.382 e. The van der Waals surface area contributed by atoms with Gasteiger partial charge >= 0.3 is 6.03 Å². The maximum atomic E-state index is 13.4. The van der Waals surface area contributed by atoms with Crippen molar-refractivity contribution in [1.82, 2.24) is 24.9 Å². The van der Waals surface area contributed by atoms with E-state index in [-0.39, 0.29) is 18.2 Å². The number of urea groups is 1. The fraction of sp³-hybridized carbons (Fsp3) is 0.296. The van der Waals surface area contributed by atoms with Gasteiger partial charge in [-0.2, -0.15) is 10.2 Å². The minimum Gasteiger partial charge on any atom is -0.382 e. The van der Waals surface area contributed by atoms with Crippen LogP contribution in [0.2, 0.25) is 0 Å². The predicted octanol–water partition coefficient (Wildman–Crippen LogP) is 4.03. The van der Waals surface area contributed by atoms with E-state index in [1.54, 1.807) is 22.7 Å². The first-order valence-corrected chi connectivity index (χ1v) is 11.9. The van der Waals surface area contributed by atoms with Gasteiger partial charge in [0.05, 0.1) is 37.2 Å². The van der Waals surface area contributed by atoms with Crippen molar-refractivity contribution in [2.75, 3.05) is 25.6 Å². The average molecular weight is 487 g/mol. The molecule has 0 spiro atoms. The number of nitrogens with zero attached hydrogens (tertiary/aromatic N) is 4. The summed E-state index contributed by atoms with van der Waals surface area (Å²) in [5, 5.41) is 15.3. The fourth-order valence-electron chi connectivity index (χ4n) is 4.67. The van der Waals surface area contributed by atoms with Crippen LogP contribution in [0, 0.1) is 6.92 Å². The Labute approximate surface area is 210 Å². The van der Waals surface area contributed by atoms with Crippen molar-refractivity contribution in [3.05, 3.63) is 83.7 Å². The zero-order valence-corrected chi connectivity index (χ0v) is 20.6. The van der Waals surface area contributed by atoms with Crippen molar-refractivity contribution in [2.45, 2.75) is 25.5 Å². The molecule has 0 aliphatic heterocycles. The number of nitrogens with one attached hydrogen (secondary N) is 2. The molecule has 0 bridgehead atoms. The van der Waals surface area contributed by atoms with Gasteiger partial charge in [0.2, 0.25) is 0 Å². The molecular formula is C27H30N6O3. The Morgan fingerprint density at radius 1 is 1.11 bits per heavy atom. The molecule has 2 atom stereocenters. The normalized spacial score (nSPS) is 16.6. The Kier molecular flexibility index (Phi) is 6.84. The van der Waals surface area contributed by atoms with E-state index < -0.39 is 0 Å². The molecule has 1 aliphatic rings. The third-order valence-corrected chi connectivity index (χ3v) is 6.42. The summed E-state index contributed by atoms with van der Waals surface area (Å²) in [6.07, 6.45) is 4.24. The van der Waals surface area contributed by atoms with Crippen LogP contribution in [0.15, 0.2) is 67.0 Å². The number of aromatic nitrogens is 4. The topological polar surface area (TPSA) is 95.2 Å². The summed E-state index contributed by atoms with van der Waals surface area (Å²) in [6.45, 7) is 2.91. The zero-order valence-electron chi connectivity index (χ0n) is 20.6. The highest BCUT2D eigenvalue weighted by Gasteiger charge is 2.34. The first kappa shape index (κ1) is 23.8. The summed E-state index contributed by atoms with van der Waals surface area (Å²) < 4.78 is 14.7. The number of benzene rings is 2. The van der Waals surface area contributed by atoms with E-state index in [0.717, 1.165) is 34.5 Å². The molecule has 2 unspecified atom stereocenters. The van der Waals surface area contributed by atoms with E-state index in [9.17, 15) is 4.79 Å². The van der Waals surface area contributed by atoms with Crippen LogP contribution in [-0.2, 0) is 22.9 Å². The molecule has 2 amide bonds. The molecule has 2 aromatic carbocycles. The third-order valence-electron chi connectivity index (χ3n) is 6.42. The molecular weight excluding hydrogens is 456 g/mol. The summed E-state index contributed by atoms with van der Waals surface area (Å²) in [4.78, 5) is 13.4. The number of anilines is 1. The molecule has 4 aromatic rings. The van der Waals surface area contributed by atoms with Crippen LogP contribution in [0.4, 0.5) is 10.6 Å². The van der Waals surface area contributed by atoms with E-state index in [1.165, 1.54) is 5.56 Å².